The second kappa shape index (κ2) is 7.70. The van der Waals surface area contributed by atoms with Crippen molar-refractivity contribution in [3.63, 3.8) is 0 Å². The van der Waals surface area contributed by atoms with Crippen LogP contribution >= 0.6 is 11.3 Å². The van der Waals surface area contributed by atoms with Crippen molar-refractivity contribution in [3.8, 4) is 0 Å². The standard InChI is InChI=1S/C19H21N3O3S/c1-13-15-11-16(18(25)21(2)10-6-9-17(23)24)26-19(15)22(20-13)12-14-7-4-3-5-8-14/h3-5,7-8,11H,6,9-10,12H2,1-2H3,(H,23,24). The van der Waals surface area contributed by atoms with Crippen LogP contribution in [0, 0.1) is 6.92 Å². The second-order valence-electron chi connectivity index (χ2n) is 6.28. The third kappa shape index (κ3) is 3.94. The molecule has 0 aliphatic carbocycles. The zero-order valence-electron chi connectivity index (χ0n) is 14.8. The SMILES string of the molecule is Cc1nn(Cc2ccccc2)c2sc(C(=O)N(C)CCCC(=O)O)cc12. The zero-order chi connectivity index (χ0) is 18.7. The number of hydrogen-bond acceptors (Lipinski definition) is 4. The third-order valence-corrected chi connectivity index (χ3v) is 5.36. The summed E-state index contributed by atoms with van der Waals surface area (Å²) in [5.74, 6) is -0.924. The molecule has 1 amide bonds. The molecule has 1 N–H and O–H groups in total. The molecular weight excluding hydrogens is 350 g/mol. The van der Waals surface area contributed by atoms with Crippen molar-refractivity contribution in [1.29, 1.82) is 0 Å². The maximum Gasteiger partial charge on any atom is 0.303 e. The van der Waals surface area contributed by atoms with Crippen LogP contribution in [-0.2, 0) is 11.3 Å². The molecule has 0 bridgehead atoms. The number of benzene rings is 1. The fraction of sp³-hybridized carbons (Fsp3) is 0.316. The molecule has 0 aliphatic rings. The number of nitrogens with zero attached hydrogens (tertiary/aromatic N) is 3. The number of aliphatic carboxylic acids is 1. The number of carboxylic acid groups (broad SMARTS) is 1. The van der Waals surface area contributed by atoms with Crippen LogP contribution in [0.25, 0.3) is 10.2 Å². The monoisotopic (exact) mass is 371 g/mol. The number of hydrogen-bond donors (Lipinski definition) is 1. The van der Waals surface area contributed by atoms with Crippen LogP contribution in [0.1, 0.15) is 33.8 Å². The molecule has 0 unspecified atom stereocenters. The van der Waals surface area contributed by atoms with Crippen molar-refractivity contribution in [2.24, 2.45) is 0 Å². The van der Waals surface area contributed by atoms with Gasteiger partial charge in [0, 0.05) is 25.4 Å². The highest BCUT2D eigenvalue weighted by atomic mass is 32.1. The summed E-state index contributed by atoms with van der Waals surface area (Å²) in [7, 11) is 1.71. The normalized spacial score (nSPS) is 11.0. The van der Waals surface area contributed by atoms with E-state index in [-0.39, 0.29) is 12.3 Å². The van der Waals surface area contributed by atoms with Gasteiger partial charge in [-0.25, -0.2) is 0 Å². The van der Waals surface area contributed by atoms with Gasteiger partial charge in [0.1, 0.15) is 4.83 Å². The zero-order valence-corrected chi connectivity index (χ0v) is 15.6. The molecule has 0 aliphatic heterocycles. The number of thiophene rings is 1. The van der Waals surface area contributed by atoms with E-state index in [1.54, 1.807) is 11.9 Å². The number of carbonyl (C=O) groups excluding carboxylic acids is 1. The molecule has 3 rings (SSSR count). The molecule has 2 heterocycles. The van der Waals surface area contributed by atoms with Crippen molar-refractivity contribution in [3.05, 3.63) is 52.5 Å². The van der Waals surface area contributed by atoms with Crippen LogP contribution in [0.3, 0.4) is 0 Å². The van der Waals surface area contributed by atoms with E-state index in [0.29, 0.717) is 24.4 Å². The molecule has 7 heteroatoms. The number of carboxylic acids is 1. The number of carbonyl (C=O) groups is 2. The molecule has 136 valence electrons. The van der Waals surface area contributed by atoms with Gasteiger partial charge in [-0.1, -0.05) is 30.3 Å². The van der Waals surface area contributed by atoms with Crippen molar-refractivity contribution in [2.75, 3.05) is 13.6 Å². The van der Waals surface area contributed by atoms with Crippen molar-refractivity contribution >= 4 is 33.4 Å². The molecule has 0 spiro atoms. The molecule has 2 aromatic heterocycles. The fourth-order valence-electron chi connectivity index (χ4n) is 2.84. The first kappa shape index (κ1) is 18.1. The minimum absolute atomic E-state index is 0.0647. The van der Waals surface area contributed by atoms with Gasteiger partial charge in [0.25, 0.3) is 5.91 Å². The quantitative estimate of drug-likeness (QED) is 0.691. The van der Waals surface area contributed by atoms with Crippen LogP contribution in [0.5, 0.6) is 0 Å². The van der Waals surface area contributed by atoms with Crippen molar-refractivity contribution in [1.82, 2.24) is 14.7 Å². The minimum Gasteiger partial charge on any atom is -0.481 e. The molecule has 6 nitrogen and oxygen atoms in total. The van der Waals surface area contributed by atoms with Gasteiger partial charge in [0.05, 0.1) is 17.1 Å². The Hall–Kier alpha value is -2.67. The lowest BCUT2D eigenvalue weighted by molar-refractivity contribution is -0.137. The van der Waals surface area contributed by atoms with Crippen molar-refractivity contribution in [2.45, 2.75) is 26.3 Å². The molecular formula is C19H21N3O3S. The number of aromatic nitrogens is 2. The van der Waals surface area contributed by atoms with E-state index in [1.807, 2.05) is 35.9 Å². The topological polar surface area (TPSA) is 75.4 Å². The van der Waals surface area contributed by atoms with E-state index in [1.165, 1.54) is 11.3 Å². The predicted molar refractivity (Wildman–Crippen MR) is 102 cm³/mol. The van der Waals surface area contributed by atoms with Gasteiger partial charge in [0.15, 0.2) is 0 Å². The maximum absolute atomic E-state index is 12.6. The van der Waals surface area contributed by atoms with Crippen LogP contribution in [0.4, 0.5) is 0 Å². The van der Waals surface area contributed by atoms with Gasteiger partial charge in [-0.2, -0.15) is 5.10 Å². The van der Waals surface area contributed by atoms with E-state index in [0.717, 1.165) is 21.5 Å². The Balaban J connectivity index is 1.79. The van der Waals surface area contributed by atoms with Crippen molar-refractivity contribution < 1.29 is 14.7 Å². The average Bonchev–Trinajstić information content (AvgIpc) is 3.16. The first-order valence-electron chi connectivity index (χ1n) is 8.44. The molecule has 0 fully saturated rings. The highest BCUT2D eigenvalue weighted by Gasteiger charge is 2.19. The van der Waals surface area contributed by atoms with E-state index >= 15 is 0 Å². The summed E-state index contributed by atoms with van der Waals surface area (Å²) in [6, 6.07) is 12.0. The Morgan fingerprint density at radius 1 is 1.27 bits per heavy atom. The number of aryl methyl sites for hydroxylation is 1. The lowest BCUT2D eigenvalue weighted by Crippen LogP contribution is -2.27. The van der Waals surface area contributed by atoms with E-state index in [9.17, 15) is 9.59 Å². The van der Waals surface area contributed by atoms with Gasteiger partial charge in [-0.3, -0.25) is 14.3 Å². The highest BCUT2D eigenvalue weighted by Crippen LogP contribution is 2.29. The van der Waals surface area contributed by atoms with E-state index in [2.05, 4.69) is 17.2 Å². The first-order chi connectivity index (χ1) is 12.5. The van der Waals surface area contributed by atoms with Crippen LogP contribution in [0.15, 0.2) is 36.4 Å². The number of rotatable bonds is 7. The lowest BCUT2D eigenvalue weighted by atomic mass is 10.2. The van der Waals surface area contributed by atoms with Gasteiger partial charge in [-0.05, 0) is 25.0 Å². The minimum atomic E-state index is -0.843. The van der Waals surface area contributed by atoms with Crippen LogP contribution < -0.4 is 0 Å². The summed E-state index contributed by atoms with van der Waals surface area (Å²) in [5.41, 5.74) is 2.06. The molecule has 1 aromatic carbocycles. The molecule has 0 atom stereocenters. The summed E-state index contributed by atoms with van der Waals surface area (Å²) in [5, 5.41) is 14.3. The summed E-state index contributed by atoms with van der Waals surface area (Å²) < 4.78 is 1.94. The highest BCUT2D eigenvalue weighted by molar-refractivity contribution is 7.20. The predicted octanol–water partition coefficient (Wildman–Crippen LogP) is 3.39. The Morgan fingerprint density at radius 2 is 2.00 bits per heavy atom. The molecule has 0 radical (unpaired) electrons. The van der Waals surface area contributed by atoms with Gasteiger partial charge < -0.3 is 10.0 Å². The largest absolute Gasteiger partial charge is 0.481 e. The van der Waals surface area contributed by atoms with Gasteiger partial charge in [-0.15, -0.1) is 11.3 Å². The average molecular weight is 371 g/mol. The number of amides is 1. The summed E-state index contributed by atoms with van der Waals surface area (Å²) in [4.78, 5) is 26.5. The Morgan fingerprint density at radius 3 is 2.69 bits per heavy atom. The maximum atomic E-state index is 12.6. The van der Waals surface area contributed by atoms with Gasteiger partial charge >= 0.3 is 5.97 Å². The summed E-state index contributed by atoms with van der Waals surface area (Å²) in [6.45, 7) is 3.03. The van der Waals surface area contributed by atoms with E-state index < -0.39 is 5.97 Å². The fourth-order valence-corrected chi connectivity index (χ4v) is 3.99. The first-order valence-corrected chi connectivity index (χ1v) is 9.25. The lowest BCUT2D eigenvalue weighted by Gasteiger charge is -2.15. The third-order valence-electron chi connectivity index (χ3n) is 4.22. The number of fused-ring (bicyclic) bond motifs is 1. The molecule has 0 saturated carbocycles. The second-order valence-corrected chi connectivity index (χ2v) is 7.31. The molecule has 0 saturated heterocycles. The molecule has 26 heavy (non-hydrogen) atoms. The molecule has 3 aromatic rings. The Kier molecular flexibility index (Phi) is 5.37. The van der Waals surface area contributed by atoms with Gasteiger partial charge in [0.2, 0.25) is 0 Å². The Bertz CT molecular complexity index is 930. The van der Waals surface area contributed by atoms with Crippen LogP contribution in [0.2, 0.25) is 0 Å². The van der Waals surface area contributed by atoms with E-state index in [4.69, 9.17) is 5.11 Å². The summed E-state index contributed by atoms with van der Waals surface area (Å²) in [6.07, 6.45) is 0.512. The smallest absolute Gasteiger partial charge is 0.303 e. The van der Waals surface area contributed by atoms with Crippen LogP contribution in [-0.4, -0.2) is 45.3 Å². The Labute approximate surface area is 155 Å². The summed E-state index contributed by atoms with van der Waals surface area (Å²) >= 11 is 1.43.